The number of imidazole rings is 1. The largest absolute Gasteiger partial charge is 0.382 e. The van der Waals surface area contributed by atoms with E-state index in [0.717, 1.165) is 14.8 Å². The molecule has 0 atom stereocenters. The molecule has 4 nitrogen and oxygen atoms in total. The Balaban J connectivity index is 1.94. The lowest BCUT2D eigenvalue weighted by Crippen LogP contribution is -2.26. The fraction of sp³-hybridized carbons (Fsp3) is 0.571. The molecule has 0 aromatic rings. The van der Waals surface area contributed by atoms with Gasteiger partial charge < -0.3 is 5.73 Å². The summed E-state index contributed by atoms with van der Waals surface area (Å²) in [5.74, 6) is -2.32. The van der Waals surface area contributed by atoms with E-state index >= 15 is 0 Å². The Morgan fingerprint density at radius 2 is 2.00 bits per heavy atom. The molecule has 2 heterocycles. The lowest BCUT2D eigenvalue weighted by Gasteiger charge is -2.28. The number of nitrogen functional groups attached to an aromatic ring is 1. The first-order valence-electron chi connectivity index (χ1n) is 7.11. The second-order valence-corrected chi connectivity index (χ2v) is 8.46. The van der Waals surface area contributed by atoms with Gasteiger partial charge in [0, 0.05) is 28.7 Å². The standard InChI is InChI=1S/C14H17F2N3OS2/c1-7-8(2)21-12(10-11(17)18-13(20)19(7)10)22-9-3-5-14(15,16)6-4-9/h9H,3-6H2,1-2H3,(H2,17,18,20). The number of alkyl halides is 2. The Morgan fingerprint density at radius 3 is 2.64 bits per heavy atom. The summed E-state index contributed by atoms with van der Waals surface area (Å²) in [4.78, 5) is 16.8. The molecule has 0 radical (unpaired) electrons. The van der Waals surface area contributed by atoms with Crippen molar-refractivity contribution in [2.75, 3.05) is 5.73 Å². The number of hydrogen-bond donors (Lipinski definition) is 1. The monoisotopic (exact) mass is 345 g/mol. The normalized spacial score (nSPS) is 18.9. The van der Waals surface area contributed by atoms with Crippen LogP contribution < -0.4 is 11.4 Å². The number of aromatic nitrogens is 2. The van der Waals surface area contributed by atoms with E-state index in [2.05, 4.69) is 4.98 Å². The number of nitrogens with zero attached hydrogens (tertiary/aromatic N) is 2. The Morgan fingerprint density at radius 1 is 1.36 bits per heavy atom. The van der Waals surface area contributed by atoms with Gasteiger partial charge in [0.2, 0.25) is 5.92 Å². The molecular weight excluding hydrogens is 328 g/mol. The lowest BCUT2D eigenvalue weighted by molar-refractivity contribution is -0.0323. The van der Waals surface area contributed by atoms with Crippen LogP contribution in [-0.2, 0) is 0 Å². The van der Waals surface area contributed by atoms with Crippen LogP contribution >= 0.6 is 23.1 Å². The number of thioether (sulfide) groups is 1. The minimum atomic E-state index is -2.53. The van der Waals surface area contributed by atoms with E-state index in [1.807, 2.05) is 13.8 Å². The van der Waals surface area contributed by atoms with Crippen molar-refractivity contribution in [2.45, 2.75) is 54.9 Å². The zero-order chi connectivity index (χ0) is 16.1. The van der Waals surface area contributed by atoms with Gasteiger partial charge in [0.1, 0.15) is 5.69 Å². The SMILES string of the molecule is Cc1sc(SC2CCC(F)(F)CC2)c2c(N)nc(=O)n-2c1C. The van der Waals surface area contributed by atoms with Gasteiger partial charge in [0.15, 0.2) is 5.82 Å². The zero-order valence-corrected chi connectivity index (χ0v) is 14.0. The van der Waals surface area contributed by atoms with E-state index in [0.29, 0.717) is 18.5 Å². The average Bonchev–Trinajstić information content (AvgIpc) is 2.73. The summed E-state index contributed by atoms with van der Waals surface area (Å²) in [6.07, 6.45) is 0.805. The molecule has 3 rings (SSSR count). The molecule has 8 heteroatoms. The van der Waals surface area contributed by atoms with Gasteiger partial charge >= 0.3 is 5.69 Å². The van der Waals surface area contributed by atoms with Crippen LogP contribution in [0.25, 0.3) is 5.69 Å². The number of nitrogens with two attached hydrogens (primary N) is 1. The summed E-state index contributed by atoms with van der Waals surface area (Å²) in [6, 6.07) is 0. The first-order valence-corrected chi connectivity index (χ1v) is 8.81. The summed E-state index contributed by atoms with van der Waals surface area (Å²) in [5, 5.41) is 0.131. The first-order chi connectivity index (χ1) is 10.3. The molecule has 0 aromatic carbocycles. The molecule has 3 aliphatic rings. The molecule has 0 aromatic heterocycles. The van der Waals surface area contributed by atoms with Crippen LogP contribution in [0.3, 0.4) is 0 Å². The highest BCUT2D eigenvalue weighted by molar-refractivity contribution is 8.01. The number of hydrogen-bond acceptors (Lipinski definition) is 5. The summed E-state index contributed by atoms with van der Waals surface area (Å²) in [7, 11) is 0. The van der Waals surface area contributed by atoms with Crippen molar-refractivity contribution in [3.63, 3.8) is 0 Å². The van der Waals surface area contributed by atoms with Crippen molar-refractivity contribution in [1.29, 1.82) is 0 Å². The lowest BCUT2D eigenvalue weighted by atomic mass is 9.96. The van der Waals surface area contributed by atoms with Crippen LogP contribution in [0.1, 0.15) is 36.3 Å². The van der Waals surface area contributed by atoms with Crippen molar-refractivity contribution in [3.8, 4) is 5.69 Å². The summed E-state index contributed by atoms with van der Waals surface area (Å²) in [5.41, 5.74) is 6.96. The Hall–Kier alpha value is -1.15. The van der Waals surface area contributed by atoms with Gasteiger partial charge in [-0.1, -0.05) is 0 Å². The van der Waals surface area contributed by atoms with Gasteiger partial charge in [-0.25, -0.2) is 13.6 Å². The maximum Gasteiger partial charge on any atom is 0.354 e. The molecule has 0 bridgehead atoms. The second-order valence-electron chi connectivity index (χ2n) is 5.67. The third-order valence-electron chi connectivity index (χ3n) is 4.10. The van der Waals surface area contributed by atoms with Crippen molar-refractivity contribution in [3.05, 3.63) is 21.1 Å². The molecule has 22 heavy (non-hydrogen) atoms. The van der Waals surface area contributed by atoms with Gasteiger partial charge in [-0.05, 0) is 26.7 Å². The van der Waals surface area contributed by atoms with Crippen LogP contribution in [0.4, 0.5) is 14.6 Å². The molecular formula is C14H17F2N3OS2. The van der Waals surface area contributed by atoms with Gasteiger partial charge in [0.25, 0.3) is 0 Å². The Kier molecular flexibility index (Phi) is 3.92. The molecule has 120 valence electrons. The maximum absolute atomic E-state index is 13.3. The number of aryl methyl sites for hydroxylation is 1. The Bertz CT molecular complexity index is 731. The van der Waals surface area contributed by atoms with E-state index in [1.54, 1.807) is 23.1 Å². The third-order valence-corrected chi connectivity index (χ3v) is 6.83. The topological polar surface area (TPSA) is 60.9 Å². The molecule has 0 spiro atoms. The van der Waals surface area contributed by atoms with E-state index in [-0.39, 0.29) is 29.6 Å². The Labute approximate surface area is 135 Å². The molecule has 0 amide bonds. The quantitative estimate of drug-likeness (QED) is 0.903. The first kappa shape index (κ1) is 15.7. The van der Waals surface area contributed by atoms with E-state index < -0.39 is 5.92 Å². The van der Waals surface area contributed by atoms with Crippen molar-refractivity contribution >= 4 is 28.9 Å². The highest BCUT2D eigenvalue weighted by Gasteiger charge is 2.36. The molecule has 2 aliphatic heterocycles. The van der Waals surface area contributed by atoms with E-state index in [4.69, 9.17) is 5.73 Å². The molecule has 1 fully saturated rings. The van der Waals surface area contributed by atoms with Crippen LogP contribution in [0.2, 0.25) is 0 Å². The number of anilines is 1. The van der Waals surface area contributed by atoms with Crippen LogP contribution in [-0.4, -0.2) is 20.7 Å². The molecule has 2 N–H and O–H groups in total. The summed E-state index contributed by atoms with van der Waals surface area (Å²) in [6.45, 7) is 3.80. The number of rotatable bonds is 2. The molecule has 1 aliphatic carbocycles. The zero-order valence-electron chi connectivity index (χ0n) is 12.4. The fourth-order valence-corrected chi connectivity index (χ4v) is 5.57. The van der Waals surface area contributed by atoms with Crippen molar-refractivity contribution in [2.24, 2.45) is 0 Å². The van der Waals surface area contributed by atoms with Gasteiger partial charge in [0.05, 0.1) is 4.21 Å². The van der Waals surface area contributed by atoms with Gasteiger partial charge in [-0.3, -0.25) is 4.57 Å². The number of halogens is 2. The maximum atomic E-state index is 13.3. The average molecular weight is 345 g/mol. The highest BCUT2D eigenvalue weighted by Crippen LogP contribution is 2.44. The predicted molar refractivity (Wildman–Crippen MR) is 85.8 cm³/mol. The van der Waals surface area contributed by atoms with Crippen LogP contribution in [0.5, 0.6) is 0 Å². The molecule has 1 saturated carbocycles. The van der Waals surface area contributed by atoms with Crippen LogP contribution in [0, 0.1) is 13.8 Å². The van der Waals surface area contributed by atoms with E-state index in [9.17, 15) is 13.6 Å². The van der Waals surface area contributed by atoms with Crippen molar-refractivity contribution < 1.29 is 8.78 Å². The van der Waals surface area contributed by atoms with Gasteiger partial charge in [-0.2, -0.15) is 4.98 Å². The minimum absolute atomic E-state index is 0.0714. The third kappa shape index (κ3) is 2.74. The summed E-state index contributed by atoms with van der Waals surface area (Å²) >= 11 is 3.10. The van der Waals surface area contributed by atoms with Crippen molar-refractivity contribution in [1.82, 2.24) is 9.55 Å². The minimum Gasteiger partial charge on any atom is -0.382 e. The smallest absolute Gasteiger partial charge is 0.354 e. The molecule has 0 saturated heterocycles. The summed E-state index contributed by atoms with van der Waals surface area (Å²) < 4.78 is 29.0. The predicted octanol–water partition coefficient (Wildman–Crippen LogP) is 3.60. The van der Waals surface area contributed by atoms with Gasteiger partial charge in [-0.15, -0.1) is 23.1 Å². The molecule has 0 unspecified atom stereocenters. The number of fused-ring (bicyclic) bond motifs is 1. The fourth-order valence-electron chi connectivity index (χ4n) is 2.70. The van der Waals surface area contributed by atoms with Crippen LogP contribution in [0.15, 0.2) is 9.00 Å². The highest BCUT2D eigenvalue weighted by atomic mass is 32.2. The van der Waals surface area contributed by atoms with E-state index in [1.165, 1.54) is 4.57 Å². The second kappa shape index (κ2) is 5.49.